The van der Waals surface area contributed by atoms with Crippen LogP contribution in [0.1, 0.15) is 26.2 Å². The molecule has 2 fully saturated rings. The van der Waals surface area contributed by atoms with Gasteiger partial charge in [0.05, 0.1) is 0 Å². The average molecular weight is 228 g/mol. The van der Waals surface area contributed by atoms with E-state index in [0.717, 1.165) is 18.4 Å². The molecule has 3 atom stereocenters. The Labute approximate surface area is 98.0 Å². The van der Waals surface area contributed by atoms with E-state index in [2.05, 4.69) is 23.6 Å². The Kier molecular flexibility index (Phi) is 4.35. The van der Waals surface area contributed by atoms with Crippen LogP contribution in [0.5, 0.6) is 0 Å². The molecule has 2 nitrogen and oxygen atoms in total. The fourth-order valence-corrected chi connectivity index (χ4v) is 4.27. The highest BCUT2D eigenvalue weighted by molar-refractivity contribution is 7.99. The highest BCUT2D eigenvalue weighted by Gasteiger charge is 2.29. The molecule has 2 aliphatic heterocycles. The SMILES string of the molecule is CC1CCCN(CC2CCSC2)C1CN. The number of nitrogens with two attached hydrogens (primary N) is 1. The minimum Gasteiger partial charge on any atom is -0.329 e. The summed E-state index contributed by atoms with van der Waals surface area (Å²) in [6.45, 7) is 5.81. The minimum absolute atomic E-state index is 0.657. The lowest BCUT2D eigenvalue weighted by Gasteiger charge is -2.40. The number of piperidine rings is 1. The van der Waals surface area contributed by atoms with Crippen molar-refractivity contribution in [1.29, 1.82) is 0 Å². The van der Waals surface area contributed by atoms with E-state index in [4.69, 9.17) is 5.73 Å². The molecule has 2 N–H and O–H groups in total. The number of nitrogens with zero attached hydrogens (tertiary/aromatic N) is 1. The maximum Gasteiger partial charge on any atom is 0.0244 e. The Hall–Kier alpha value is 0.270. The summed E-state index contributed by atoms with van der Waals surface area (Å²) in [7, 11) is 0. The van der Waals surface area contributed by atoms with Crippen LogP contribution < -0.4 is 5.73 Å². The van der Waals surface area contributed by atoms with Crippen LogP contribution in [0.3, 0.4) is 0 Å². The highest BCUT2D eigenvalue weighted by Crippen LogP contribution is 2.28. The molecule has 0 aromatic heterocycles. The monoisotopic (exact) mass is 228 g/mol. The zero-order valence-corrected chi connectivity index (χ0v) is 10.6. The second-order valence-electron chi connectivity index (χ2n) is 5.15. The van der Waals surface area contributed by atoms with Crippen LogP contribution >= 0.6 is 11.8 Å². The Balaban J connectivity index is 1.87. The molecule has 0 saturated carbocycles. The molecule has 0 aromatic rings. The third-order valence-corrected chi connectivity index (χ3v) is 5.22. The first-order valence-electron chi connectivity index (χ1n) is 6.33. The van der Waals surface area contributed by atoms with Gasteiger partial charge in [-0.15, -0.1) is 0 Å². The lowest BCUT2D eigenvalue weighted by Crippen LogP contribution is -2.50. The van der Waals surface area contributed by atoms with Crippen molar-refractivity contribution in [2.75, 3.05) is 31.1 Å². The normalized spacial score (nSPS) is 38.4. The molecular weight excluding hydrogens is 204 g/mol. The lowest BCUT2D eigenvalue weighted by molar-refractivity contribution is 0.0924. The van der Waals surface area contributed by atoms with Crippen LogP contribution in [0.15, 0.2) is 0 Å². The number of thioether (sulfide) groups is 1. The topological polar surface area (TPSA) is 29.3 Å². The number of rotatable bonds is 3. The first kappa shape index (κ1) is 11.7. The van der Waals surface area contributed by atoms with E-state index in [-0.39, 0.29) is 0 Å². The fourth-order valence-electron chi connectivity index (χ4n) is 3.00. The van der Waals surface area contributed by atoms with Crippen LogP contribution in [-0.2, 0) is 0 Å². The average Bonchev–Trinajstić information content (AvgIpc) is 2.71. The molecule has 88 valence electrons. The maximum absolute atomic E-state index is 5.91. The van der Waals surface area contributed by atoms with Crippen molar-refractivity contribution in [3.63, 3.8) is 0 Å². The second kappa shape index (κ2) is 5.55. The summed E-state index contributed by atoms with van der Waals surface area (Å²) in [6.07, 6.45) is 4.17. The molecule has 2 aliphatic rings. The molecule has 0 amide bonds. The van der Waals surface area contributed by atoms with E-state index < -0.39 is 0 Å². The van der Waals surface area contributed by atoms with Gasteiger partial charge >= 0.3 is 0 Å². The number of hydrogen-bond donors (Lipinski definition) is 1. The molecule has 0 bridgehead atoms. The van der Waals surface area contributed by atoms with Crippen LogP contribution in [0.25, 0.3) is 0 Å². The van der Waals surface area contributed by atoms with E-state index >= 15 is 0 Å². The molecule has 2 saturated heterocycles. The van der Waals surface area contributed by atoms with Crippen LogP contribution in [0.2, 0.25) is 0 Å². The molecule has 3 heteroatoms. The molecule has 0 radical (unpaired) electrons. The van der Waals surface area contributed by atoms with Gasteiger partial charge in [0.1, 0.15) is 0 Å². The highest BCUT2D eigenvalue weighted by atomic mass is 32.2. The van der Waals surface area contributed by atoms with Crippen molar-refractivity contribution in [3.05, 3.63) is 0 Å². The van der Waals surface area contributed by atoms with Gasteiger partial charge in [0, 0.05) is 19.1 Å². The van der Waals surface area contributed by atoms with E-state index in [0.29, 0.717) is 6.04 Å². The molecule has 0 aliphatic carbocycles. The van der Waals surface area contributed by atoms with Gasteiger partial charge in [-0.25, -0.2) is 0 Å². The number of likely N-dealkylation sites (tertiary alicyclic amines) is 1. The summed E-state index contributed by atoms with van der Waals surface area (Å²) in [6, 6.07) is 0.657. The molecule has 2 heterocycles. The summed E-state index contributed by atoms with van der Waals surface area (Å²) in [4.78, 5) is 2.67. The van der Waals surface area contributed by atoms with Gasteiger partial charge in [-0.05, 0) is 49.1 Å². The largest absolute Gasteiger partial charge is 0.329 e. The zero-order chi connectivity index (χ0) is 10.7. The number of hydrogen-bond acceptors (Lipinski definition) is 3. The third-order valence-electron chi connectivity index (χ3n) is 3.99. The summed E-state index contributed by atoms with van der Waals surface area (Å²) >= 11 is 2.12. The summed E-state index contributed by atoms with van der Waals surface area (Å²) in [5.41, 5.74) is 5.91. The van der Waals surface area contributed by atoms with Crippen molar-refractivity contribution in [2.45, 2.75) is 32.2 Å². The van der Waals surface area contributed by atoms with Gasteiger partial charge in [-0.1, -0.05) is 6.92 Å². The zero-order valence-electron chi connectivity index (χ0n) is 9.82. The first-order chi connectivity index (χ1) is 7.31. The van der Waals surface area contributed by atoms with E-state index in [1.165, 1.54) is 43.9 Å². The van der Waals surface area contributed by atoms with E-state index in [9.17, 15) is 0 Å². The standard InChI is InChI=1S/C12H24N2S/c1-10-3-2-5-14(12(10)7-13)8-11-4-6-15-9-11/h10-12H,2-9,13H2,1H3. The maximum atomic E-state index is 5.91. The Morgan fingerprint density at radius 1 is 1.40 bits per heavy atom. The predicted molar refractivity (Wildman–Crippen MR) is 68.2 cm³/mol. The molecular formula is C12H24N2S. The predicted octanol–water partition coefficient (Wildman–Crippen LogP) is 1.80. The lowest BCUT2D eigenvalue weighted by atomic mass is 9.90. The van der Waals surface area contributed by atoms with E-state index in [1.54, 1.807) is 0 Å². The Morgan fingerprint density at radius 3 is 2.93 bits per heavy atom. The quantitative estimate of drug-likeness (QED) is 0.799. The molecule has 3 unspecified atom stereocenters. The van der Waals surface area contributed by atoms with Crippen molar-refractivity contribution in [1.82, 2.24) is 4.90 Å². The van der Waals surface area contributed by atoms with Crippen LogP contribution in [-0.4, -0.2) is 42.1 Å². The van der Waals surface area contributed by atoms with Crippen molar-refractivity contribution < 1.29 is 0 Å². The molecule has 15 heavy (non-hydrogen) atoms. The van der Waals surface area contributed by atoms with Crippen LogP contribution in [0, 0.1) is 11.8 Å². The third kappa shape index (κ3) is 2.89. The van der Waals surface area contributed by atoms with Gasteiger partial charge in [-0.3, -0.25) is 4.90 Å². The van der Waals surface area contributed by atoms with Gasteiger partial charge in [0.25, 0.3) is 0 Å². The summed E-state index contributed by atoms with van der Waals surface area (Å²) < 4.78 is 0. The molecule has 0 spiro atoms. The van der Waals surface area contributed by atoms with Gasteiger partial charge in [-0.2, -0.15) is 11.8 Å². The van der Waals surface area contributed by atoms with Gasteiger partial charge in [0.15, 0.2) is 0 Å². The smallest absolute Gasteiger partial charge is 0.0244 e. The van der Waals surface area contributed by atoms with Crippen molar-refractivity contribution in [3.8, 4) is 0 Å². The fraction of sp³-hybridized carbons (Fsp3) is 1.00. The Morgan fingerprint density at radius 2 is 2.27 bits per heavy atom. The van der Waals surface area contributed by atoms with Gasteiger partial charge < -0.3 is 5.73 Å². The Bertz CT molecular complexity index is 192. The summed E-state index contributed by atoms with van der Waals surface area (Å²) in [5, 5.41) is 0. The molecule has 2 rings (SSSR count). The van der Waals surface area contributed by atoms with Crippen molar-refractivity contribution >= 4 is 11.8 Å². The van der Waals surface area contributed by atoms with Gasteiger partial charge in [0.2, 0.25) is 0 Å². The minimum atomic E-state index is 0.657. The van der Waals surface area contributed by atoms with E-state index in [1.807, 2.05) is 0 Å². The summed E-state index contributed by atoms with van der Waals surface area (Å²) in [5.74, 6) is 4.50. The molecule has 0 aromatic carbocycles. The van der Waals surface area contributed by atoms with Crippen LogP contribution in [0.4, 0.5) is 0 Å². The van der Waals surface area contributed by atoms with Crippen molar-refractivity contribution in [2.24, 2.45) is 17.6 Å². The first-order valence-corrected chi connectivity index (χ1v) is 7.48. The second-order valence-corrected chi connectivity index (χ2v) is 6.30.